The van der Waals surface area contributed by atoms with E-state index in [1.165, 1.54) is 6.92 Å². The number of aromatic nitrogens is 1. The van der Waals surface area contributed by atoms with Crippen molar-refractivity contribution in [2.75, 3.05) is 13.1 Å². The third-order valence-corrected chi connectivity index (χ3v) is 3.72. The van der Waals surface area contributed by atoms with Gasteiger partial charge in [-0.15, -0.1) is 0 Å². The molecular weight excluding hydrogens is 266 g/mol. The van der Waals surface area contributed by atoms with E-state index >= 15 is 0 Å². The topological polar surface area (TPSA) is 62.3 Å². The van der Waals surface area contributed by atoms with Gasteiger partial charge in [-0.3, -0.25) is 14.6 Å². The fourth-order valence-electron chi connectivity index (χ4n) is 2.62. The standard InChI is InChI=1S/C16H17N3O2/c1-10-14(7-12-5-3-4-6-15(12)17-10)16(21)19-8-13(9-19)18-11(2)20/h3-7,13H,8-9H2,1-2H3,(H,18,20). The molecule has 0 spiro atoms. The fraction of sp³-hybridized carbons (Fsp3) is 0.312. The quantitative estimate of drug-likeness (QED) is 0.908. The van der Waals surface area contributed by atoms with E-state index in [-0.39, 0.29) is 17.9 Å². The van der Waals surface area contributed by atoms with Crippen LogP contribution in [0.1, 0.15) is 23.0 Å². The van der Waals surface area contributed by atoms with Crippen molar-refractivity contribution < 1.29 is 9.59 Å². The number of hydrogen-bond donors (Lipinski definition) is 1. The molecule has 0 atom stereocenters. The van der Waals surface area contributed by atoms with Gasteiger partial charge in [-0.1, -0.05) is 18.2 Å². The van der Waals surface area contributed by atoms with E-state index in [0.29, 0.717) is 18.7 Å². The first-order valence-corrected chi connectivity index (χ1v) is 6.97. The molecule has 1 aromatic heterocycles. The molecule has 108 valence electrons. The van der Waals surface area contributed by atoms with Crippen LogP contribution in [0.15, 0.2) is 30.3 Å². The molecule has 0 unspecified atom stereocenters. The number of para-hydroxylation sites is 1. The second-order valence-electron chi connectivity index (χ2n) is 5.42. The lowest BCUT2D eigenvalue weighted by atomic mass is 10.0. The fourth-order valence-corrected chi connectivity index (χ4v) is 2.62. The lowest BCUT2D eigenvalue weighted by Crippen LogP contribution is -2.60. The SMILES string of the molecule is CC(=O)NC1CN(C(=O)c2cc3ccccc3nc2C)C1. The van der Waals surface area contributed by atoms with Crippen LogP contribution in [0.3, 0.4) is 0 Å². The highest BCUT2D eigenvalue weighted by molar-refractivity contribution is 5.99. The van der Waals surface area contributed by atoms with E-state index < -0.39 is 0 Å². The normalized spacial score (nSPS) is 14.9. The van der Waals surface area contributed by atoms with Crippen molar-refractivity contribution in [1.29, 1.82) is 0 Å². The smallest absolute Gasteiger partial charge is 0.255 e. The Kier molecular flexibility index (Phi) is 3.33. The molecule has 2 aromatic rings. The number of carbonyl (C=O) groups excluding carboxylic acids is 2. The molecule has 1 aromatic carbocycles. The van der Waals surface area contributed by atoms with E-state index in [1.54, 1.807) is 4.90 Å². The molecule has 2 heterocycles. The van der Waals surface area contributed by atoms with Gasteiger partial charge in [-0.25, -0.2) is 0 Å². The summed E-state index contributed by atoms with van der Waals surface area (Å²) in [5.41, 5.74) is 2.27. The van der Waals surface area contributed by atoms with Crippen molar-refractivity contribution in [1.82, 2.24) is 15.2 Å². The predicted molar refractivity (Wildman–Crippen MR) is 80.0 cm³/mol. The molecular formula is C16H17N3O2. The van der Waals surface area contributed by atoms with Gasteiger partial charge in [-0.2, -0.15) is 0 Å². The minimum atomic E-state index is -0.0596. The van der Waals surface area contributed by atoms with Gasteiger partial charge in [0.25, 0.3) is 5.91 Å². The molecule has 1 aliphatic rings. The summed E-state index contributed by atoms with van der Waals surface area (Å²) in [5.74, 6) is -0.0805. The van der Waals surface area contributed by atoms with Crippen molar-refractivity contribution in [3.63, 3.8) is 0 Å². The van der Waals surface area contributed by atoms with Gasteiger partial charge in [-0.05, 0) is 19.1 Å². The Balaban J connectivity index is 1.79. The summed E-state index contributed by atoms with van der Waals surface area (Å²) >= 11 is 0. The minimum Gasteiger partial charge on any atom is -0.350 e. The van der Waals surface area contributed by atoms with Crippen molar-refractivity contribution in [2.45, 2.75) is 19.9 Å². The molecule has 0 bridgehead atoms. The number of nitrogens with one attached hydrogen (secondary N) is 1. The maximum Gasteiger partial charge on any atom is 0.255 e. The van der Waals surface area contributed by atoms with E-state index in [2.05, 4.69) is 10.3 Å². The molecule has 0 saturated carbocycles. The number of rotatable bonds is 2. The van der Waals surface area contributed by atoms with E-state index in [0.717, 1.165) is 16.6 Å². The number of carbonyl (C=O) groups is 2. The van der Waals surface area contributed by atoms with Crippen LogP contribution in [0.25, 0.3) is 10.9 Å². The highest BCUT2D eigenvalue weighted by Gasteiger charge is 2.32. The van der Waals surface area contributed by atoms with Gasteiger partial charge in [0.05, 0.1) is 22.8 Å². The first-order valence-electron chi connectivity index (χ1n) is 6.97. The van der Waals surface area contributed by atoms with Crippen LogP contribution < -0.4 is 5.32 Å². The van der Waals surface area contributed by atoms with Crippen LogP contribution in [0.4, 0.5) is 0 Å². The monoisotopic (exact) mass is 283 g/mol. The Morgan fingerprint density at radius 1 is 1.29 bits per heavy atom. The van der Waals surface area contributed by atoms with Crippen LogP contribution in [-0.2, 0) is 4.79 Å². The van der Waals surface area contributed by atoms with Crippen molar-refractivity contribution in [2.24, 2.45) is 0 Å². The number of nitrogens with zero attached hydrogens (tertiary/aromatic N) is 2. The molecule has 0 radical (unpaired) electrons. The van der Waals surface area contributed by atoms with Gasteiger partial charge < -0.3 is 10.2 Å². The summed E-state index contributed by atoms with van der Waals surface area (Å²) in [6.45, 7) is 4.46. The van der Waals surface area contributed by atoms with Crippen LogP contribution in [-0.4, -0.2) is 40.8 Å². The summed E-state index contributed by atoms with van der Waals surface area (Å²) in [5, 5.41) is 3.77. The molecule has 3 rings (SSSR count). The van der Waals surface area contributed by atoms with Crippen molar-refractivity contribution >= 4 is 22.7 Å². The first-order chi connectivity index (χ1) is 10.0. The van der Waals surface area contributed by atoms with E-state index in [4.69, 9.17) is 0 Å². The number of likely N-dealkylation sites (tertiary alicyclic amines) is 1. The average molecular weight is 283 g/mol. The van der Waals surface area contributed by atoms with Crippen LogP contribution in [0.5, 0.6) is 0 Å². The maximum atomic E-state index is 12.5. The third kappa shape index (κ3) is 2.59. The highest BCUT2D eigenvalue weighted by atomic mass is 16.2. The van der Waals surface area contributed by atoms with Crippen LogP contribution in [0.2, 0.25) is 0 Å². The average Bonchev–Trinajstić information content (AvgIpc) is 2.40. The number of pyridine rings is 1. The highest BCUT2D eigenvalue weighted by Crippen LogP contribution is 2.20. The number of amides is 2. The second kappa shape index (κ2) is 5.16. The van der Waals surface area contributed by atoms with E-state index in [1.807, 2.05) is 37.3 Å². The molecule has 0 aliphatic carbocycles. The van der Waals surface area contributed by atoms with Gasteiger partial charge in [0.1, 0.15) is 0 Å². The predicted octanol–water partition coefficient (Wildman–Crippen LogP) is 1.50. The number of benzene rings is 1. The lowest BCUT2D eigenvalue weighted by Gasteiger charge is -2.39. The Morgan fingerprint density at radius 2 is 2.00 bits per heavy atom. The molecule has 1 aliphatic heterocycles. The maximum absolute atomic E-state index is 12.5. The van der Waals surface area contributed by atoms with Crippen LogP contribution >= 0.6 is 0 Å². The first kappa shape index (κ1) is 13.5. The number of fused-ring (bicyclic) bond motifs is 1. The van der Waals surface area contributed by atoms with Crippen LogP contribution in [0, 0.1) is 6.92 Å². The summed E-state index contributed by atoms with van der Waals surface area (Å²) in [6, 6.07) is 9.72. The molecule has 21 heavy (non-hydrogen) atoms. The summed E-state index contributed by atoms with van der Waals surface area (Å²) in [4.78, 5) is 29.7. The summed E-state index contributed by atoms with van der Waals surface area (Å²) < 4.78 is 0. The van der Waals surface area contributed by atoms with E-state index in [9.17, 15) is 9.59 Å². The molecule has 1 fully saturated rings. The Bertz CT molecular complexity index is 721. The molecule has 1 N–H and O–H groups in total. The minimum absolute atomic E-state index is 0.0210. The second-order valence-corrected chi connectivity index (χ2v) is 5.42. The number of aryl methyl sites for hydroxylation is 1. The third-order valence-electron chi connectivity index (χ3n) is 3.72. The van der Waals surface area contributed by atoms with Gasteiger partial charge in [0.15, 0.2) is 0 Å². The Hall–Kier alpha value is -2.43. The zero-order valence-electron chi connectivity index (χ0n) is 12.1. The van der Waals surface area contributed by atoms with Crippen molar-refractivity contribution in [3.8, 4) is 0 Å². The zero-order valence-corrected chi connectivity index (χ0v) is 12.1. The molecule has 1 saturated heterocycles. The largest absolute Gasteiger partial charge is 0.350 e. The zero-order chi connectivity index (χ0) is 15.0. The molecule has 5 heteroatoms. The number of hydrogen-bond acceptors (Lipinski definition) is 3. The summed E-state index contributed by atoms with van der Waals surface area (Å²) in [6.07, 6.45) is 0. The van der Waals surface area contributed by atoms with Crippen molar-refractivity contribution in [3.05, 3.63) is 41.6 Å². The molecule has 5 nitrogen and oxygen atoms in total. The Morgan fingerprint density at radius 3 is 2.71 bits per heavy atom. The summed E-state index contributed by atoms with van der Waals surface area (Å²) in [7, 11) is 0. The Labute approximate surface area is 123 Å². The van der Waals surface area contributed by atoms with Gasteiger partial charge in [0, 0.05) is 25.4 Å². The lowest BCUT2D eigenvalue weighted by molar-refractivity contribution is -0.120. The van der Waals surface area contributed by atoms with Gasteiger partial charge in [0.2, 0.25) is 5.91 Å². The van der Waals surface area contributed by atoms with Gasteiger partial charge >= 0.3 is 0 Å². The molecule has 2 amide bonds.